The molecule has 7 rings (SSSR count). The SMILES string of the molecule is CC=C1COCC1=CC(/C=C/c1cc2sc3cc(/C=C/C)sc3c2s1)=C([C]#[Os])[P+](c1ccccc1)(c1ccccc1)c1ccccc1. The van der Waals surface area contributed by atoms with Gasteiger partial charge in [-0.15, -0.1) is 0 Å². The van der Waals surface area contributed by atoms with Gasteiger partial charge in [-0.25, -0.2) is 0 Å². The van der Waals surface area contributed by atoms with E-state index in [1.807, 2.05) is 52.0 Å². The molecule has 6 heteroatoms. The Kier molecular flexibility index (Phi) is 9.98. The molecule has 0 bridgehead atoms. The van der Waals surface area contributed by atoms with Crippen molar-refractivity contribution in [3.8, 4) is 4.37 Å². The van der Waals surface area contributed by atoms with Gasteiger partial charge < -0.3 is 0 Å². The van der Waals surface area contributed by atoms with Crippen molar-refractivity contribution in [2.75, 3.05) is 13.2 Å². The van der Waals surface area contributed by atoms with E-state index in [-0.39, 0.29) is 0 Å². The van der Waals surface area contributed by atoms with Gasteiger partial charge in [0.05, 0.1) is 0 Å². The van der Waals surface area contributed by atoms with Crippen molar-refractivity contribution in [2.24, 2.45) is 0 Å². The molecule has 0 spiro atoms. The standard InChI is InChI=1S/C41H33OPS3.Os/c1-4-15-36-25-38-40(44-36)41-39(46-38)26-37(45-41)23-22-31(24-32-28-42-27-30(32)5-2)29(3)43(33-16-9-6-10-17-33,34-18-11-7-12-19-34)35-20-13-8-14-21-35;/h4-26H,27-28H2,1-2H3;/q+1;/b15-4+,23-22+,30-5?,31-29?,32-24?;. The molecule has 1 aliphatic rings. The summed E-state index contributed by atoms with van der Waals surface area (Å²) in [5.41, 5.74) is 3.67. The van der Waals surface area contributed by atoms with Gasteiger partial charge in [0.25, 0.3) is 0 Å². The van der Waals surface area contributed by atoms with Crippen LogP contribution in [0.2, 0.25) is 0 Å². The van der Waals surface area contributed by atoms with Gasteiger partial charge >= 0.3 is 288 Å². The molecule has 0 atom stereocenters. The normalized spacial score (nSPS) is 16.3. The average Bonchev–Trinajstić information content (AvgIpc) is 3.89. The van der Waals surface area contributed by atoms with Crippen molar-refractivity contribution in [3.63, 3.8) is 0 Å². The van der Waals surface area contributed by atoms with Gasteiger partial charge in [0.15, 0.2) is 0 Å². The van der Waals surface area contributed by atoms with Crippen LogP contribution >= 0.6 is 41.3 Å². The summed E-state index contributed by atoms with van der Waals surface area (Å²) in [6, 6.07) is 37.9. The van der Waals surface area contributed by atoms with Crippen molar-refractivity contribution in [1.29, 1.82) is 0 Å². The number of rotatable bonds is 8. The number of hydrogen-bond acceptors (Lipinski definition) is 4. The van der Waals surface area contributed by atoms with E-state index in [1.165, 1.54) is 66.5 Å². The van der Waals surface area contributed by atoms with E-state index in [9.17, 15) is 0 Å². The Hall–Kier alpha value is -3.21. The first kappa shape index (κ1) is 32.3. The molecule has 0 saturated carbocycles. The van der Waals surface area contributed by atoms with Crippen LogP contribution in [0.25, 0.3) is 31.0 Å². The molecule has 0 unspecified atom stereocenters. The van der Waals surface area contributed by atoms with Crippen LogP contribution in [0, 0.1) is 4.37 Å². The van der Waals surface area contributed by atoms with Gasteiger partial charge in [0.1, 0.15) is 0 Å². The van der Waals surface area contributed by atoms with E-state index >= 15 is 0 Å². The molecular weight excluding hydrogens is 826 g/mol. The molecule has 47 heavy (non-hydrogen) atoms. The summed E-state index contributed by atoms with van der Waals surface area (Å²) in [6.45, 7) is 5.46. The summed E-state index contributed by atoms with van der Waals surface area (Å²) in [7, 11) is -2.36. The Morgan fingerprint density at radius 3 is 1.70 bits per heavy atom. The second-order valence-electron chi connectivity index (χ2n) is 11.2. The van der Waals surface area contributed by atoms with Gasteiger partial charge in [-0.3, -0.25) is 0 Å². The van der Waals surface area contributed by atoms with E-state index in [2.05, 4.69) is 158 Å². The molecule has 6 aromatic rings. The Morgan fingerprint density at radius 2 is 1.21 bits per heavy atom. The second-order valence-corrected chi connectivity index (χ2v) is 18.4. The fraction of sp³-hybridized carbons (Fsp3) is 0.0976. The Labute approximate surface area is 299 Å². The minimum absolute atomic E-state index is 0.614. The predicted octanol–water partition coefficient (Wildman–Crippen LogP) is 10.9. The molecule has 1 aliphatic heterocycles. The molecule has 233 valence electrons. The predicted molar refractivity (Wildman–Crippen MR) is 208 cm³/mol. The number of benzene rings is 3. The van der Waals surface area contributed by atoms with Crippen LogP contribution in [0.1, 0.15) is 23.6 Å². The molecule has 1 nitrogen and oxygen atoms in total. The zero-order chi connectivity index (χ0) is 32.2. The maximum absolute atomic E-state index is 5.97. The molecular formula is C41H33OOsPS3+. The van der Waals surface area contributed by atoms with Gasteiger partial charge in [0, 0.05) is 0 Å². The van der Waals surface area contributed by atoms with Crippen LogP contribution in [0.3, 0.4) is 0 Å². The number of hydrogen-bond donors (Lipinski definition) is 0. The van der Waals surface area contributed by atoms with Gasteiger partial charge in [-0.05, 0) is 6.92 Å². The third-order valence-electron chi connectivity index (χ3n) is 8.35. The Morgan fingerprint density at radius 1 is 0.702 bits per heavy atom. The monoisotopic (exact) mass is 860 g/mol. The molecule has 1 saturated heterocycles. The van der Waals surface area contributed by atoms with Crippen LogP contribution in [-0.2, 0) is 22.7 Å². The topological polar surface area (TPSA) is 9.23 Å². The molecule has 3 aromatic heterocycles. The number of ether oxygens (including phenoxy) is 1. The third kappa shape index (κ3) is 6.24. The summed E-state index contributed by atoms with van der Waals surface area (Å²) in [6.07, 6.45) is 13.5. The van der Waals surface area contributed by atoms with E-state index in [0.29, 0.717) is 13.2 Å². The molecule has 1 fully saturated rings. The summed E-state index contributed by atoms with van der Waals surface area (Å²) < 4.78 is 15.4. The maximum atomic E-state index is 5.97. The van der Waals surface area contributed by atoms with E-state index < -0.39 is 7.26 Å². The zero-order valence-electron chi connectivity index (χ0n) is 26.1. The fourth-order valence-corrected chi connectivity index (χ4v) is 15.9. The minimum atomic E-state index is -2.36. The fourth-order valence-electron chi connectivity index (χ4n) is 6.21. The number of allylic oxidation sites excluding steroid dienone is 6. The van der Waals surface area contributed by atoms with Gasteiger partial charge in [0.2, 0.25) is 0 Å². The average molecular weight is 859 g/mol. The summed E-state index contributed by atoms with van der Waals surface area (Å²) in [5.74, 6) is 0. The molecule has 0 aliphatic carbocycles. The zero-order valence-corrected chi connectivity index (χ0v) is 32.0. The van der Waals surface area contributed by atoms with E-state index in [4.69, 9.17) is 4.74 Å². The van der Waals surface area contributed by atoms with Crippen molar-refractivity contribution < 1.29 is 22.7 Å². The van der Waals surface area contributed by atoms with Crippen molar-refractivity contribution in [3.05, 3.63) is 159 Å². The molecule has 3 aromatic carbocycles. The van der Waals surface area contributed by atoms with Crippen molar-refractivity contribution in [1.82, 2.24) is 0 Å². The van der Waals surface area contributed by atoms with Crippen molar-refractivity contribution in [2.45, 2.75) is 13.8 Å². The van der Waals surface area contributed by atoms with Crippen LogP contribution in [0.15, 0.2) is 149 Å². The second kappa shape index (κ2) is 14.5. The van der Waals surface area contributed by atoms with Crippen molar-refractivity contribution >= 4 is 88.1 Å². The van der Waals surface area contributed by atoms with Crippen LogP contribution < -0.4 is 15.9 Å². The summed E-state index contributed by atoms with van der Waals surface area (Å²) >= 11 is 7.51. The van der Waals surface area contributed by atoms with Gasteiger partial charge in [-0.1, -0.05) is 6.08 Å². The third-order valence-corrected chi connectivity index (χ3v) is 17.5. The molecule has 0 amide bonds. The van der Waals surface area contributed by atoms with E-state index in [0.717, 1.165) is 0 Å². The molecule has 0 N–H and O–H groups in total. The van der Waals surface area contributed by atoms with Gasteiger partial charge in [-0.2, -0.15) is 0 Å². The van der Waals surface area contributed by atoms with Crippen LogP contribution in [-0.4, -0.2) is 13.2 Å². The molecule has 0 radical (unpaired) electrons. The first-order valence-corrected chi connectivity index (χ1v) is 21.0. The number of fused-ring (bicyclic) bond motifs is 3. The van der Waals surface area contributed by atoms with Crippen LogP contribution in [0.4, 0.5) is 0 Å². The van der Waals surface area contributed by atoms with Crippen LogP contribution in [0.5, 0.6) is 0 Å². The Bertz CT molecular complexity index is 2140. The quantitative estimate of drug-likeness (QED) is 0.109. The first-order chi connectivity index (χ1) is 23.1. The molecule has 4 heterocycles. The van der Waals surface area contributed by atoms with E-state index in [1.54, 1.807) is 0 Å². The first-order valence-electron chi connectivity index (χ1n) is 15.5. The summed E-state index contributed by atoms with van der Waals surface area (Å²) in [4.78, 5) is 2.58. The Balaban J connectivity index is 1.49. The number of thiophene rings is 3. The summed E-state index contributed by atoms with van der Waals surface area (Å²) in [5, 5.41) is 5.19.